The molecule has 0 heterocycles. The zero-order chi connectivity index (χ0) is 18.5. The summed E-state index contributed by atoms with van der Waals surface area (Å²) in [6.45, 7) is 26.5. The van der Waals surface area contributed by atoms with E-state index in [1.54, 1.807) is 0 Å². The molecule has 0 radical (unpaired) electrons. The lowest BCUT2D eigenvalue weighted by Crippen LogP contribution is -2.64. The van der Waals surface area contributed by atoms with Gasteiger partial charge in [-0.05, 0) is 71.9 Å². The molecule has 8 heteroatoms. The van der Waals surface area contributed by atoms with Crippen molar-refractivity contribution in [1.29, 1.82) is 0 Å². The summed E-state index contributed by atoms with van der Waals surface area (Å²) in [5.41, 5.74) is 0.327. The largest absolute Gasteiger partial charge is 0.474 e. The van der Waals surface area contributed by atoms with Gasteiger partial charge in [-0.3, -0.25) is 0 Å². The molecular formula is C15H41NO3Si4. The molecule has 4 nitrogen and oxygen atoms in total. The maximum Gasteiger partial charge on any atom is 0.474 e. The summed E-state index contributed by atoms with van der Waals surface area (Å²) in [6, 6.07) is 0. The highest BCUT2D eigenvalue weighted by Crippen LogP contribution is 2.36. The van der Waals surface area contributed by atoms with Crippen LogP contribution in [-0.4, -0.2) is 46.8 Å². The van der Waals surface area contributed by atoms with Gasteiger partial charge in [-0.2, -0.15) is 0 Å². The first kappa shape index (κ1) is 23.7. The van der Waals surface area contributed by atoms with Crippen molar-refractivity contribution >= 4 is 33.8 Å². The quantitative estimate of drug-likeness (QED) is 0.507. The van der Waals surface area contributed by atoms with E-state index in [0.29, 0.717) is 5.54 Å². The second-order valence-corrected chi connectivity index (χ2v) is 26.3. The van der Waals surface area contributed by atoms with Gasteiger partial charge >= 0.3 is 8.80 Å². The van der Waals surface area contributed by atoms with Crippen molar-refractivity contribution in [2.45, 2.75) is 84.7 Å². The summed E-state index contributed by atoms with van der Waals surface area (Å²) in [4.78, 5) is 0. The summed E-state index contributed by atoms with van der Waals surface area (Å²) in [6.07, 6.45) is 1.03. The van der Waals surface area contributed by atoms with E-state index in [-0.39, 0.29) is 0 Å². The van der Waals surface area contributed by atoms with Crippen LogP contribution in [0.1, 0.15) is 20.3 Å². The molecule has 0 bridgehead atoms. The van der Waals surface area contributed by atoms with Crippen LogP contribution in [0, 0.1) is 0 Å². The van der Waals surface area contributed by atoms with Gasteiger partial charge in [0.25, 0.3) is 0 Å². The smallest absolute Gasteiger partial charge is 0.417 e. The summed E-state index contributed by atoms with van der Waals surface area (Å²) in [7, 11) is -8.09. The van der Waals surface area contributed by atoms with E-state index >= 15 is 0 Å². The van der Waals surface area contributed by atoms with Crippen molar-refractivity contribution < 1.29 is 12.3 Å². The lowest BCUT2D eigenvalue weighted by atomic mass is 10.3. The molecule has 0 aliphatic carbocycles. The van der Waals surface area contributed by atoms with Gasteiger partial charge in [-0.25, -0.2) is 0 Å². The predicted molar refractivity (Wildman–Crippen MR) is 112 cm³/mol. The Morgan fingerprint density at radius 1 is 0.696 bits per heavy atom. The SMILES string of the molecule is CCNCC(CC)[Si](O[Si](C)(C)C)(O[Si](C)(C)C)O[Si](C)(C)C. The number of nitrogens with one attached hydrogen (secondary N) is 1. The topological polar surface area (TPSA) is 39.7 Å². The first-order valence-corrected chi connectivity index (χ1v) is 21.0. The lowest BCUT2D eigenvalue weighted by molar-refractivity contribution is 0.230. The molecule has 140 valence electrons. The maximum absolute atomic E-state index is 6.79. The minimum absolute atomic E-state index is 0.327. The highest BCUT2D eigenvalue weighted by Gasteiger charge is 2.54. The predicted octanol–water partition coefficient (Wildman–Crippen LogP) is 4.87. The molecule has 1 unspecified atom stereocenters. The van der Waals surface area contributed by atoms with E-state index in [9.17, 15) is 0 Å². The van der Waals surface area contributed by atoms with Crippen LogP contribution in [0.15, 0.2) is 0 Å². The molecule has 0 aromatic heterocycles. The van der Waals surface area contributed by atoms with Gasteiger partial charge in [0.2, 0.25) is 0 Å². The summed E-state index contributed by atoms with van der Waals surface area (Å²) in [5.74, 6) is 0. The van der Waals surface area contributed by atoms with Gasteiger partial charge in [-0.15, -0.1) is 0 Å². The first-order chi connectivity index (χ1) is 10.1. The Bertz CT molecular complexity index is 307. The zero-order valence-electron chi connectivity index (χ0n) is 17.4. The van der Waals surface area contributed by atoms with Gasteiger partial charge in [0.15, 0.2) is 25.0 Å². The molecule has 1 N–H and O–H groups in total. The highest BCUT2D eigenvalue weighted by molar-refractivity contribution is 6.90. The molecule has 0 amide bonds. The van der Waals surface area contributed by atoms with Crippen molar-refractivity contribution in [1.82, 2.24) is 5.32 Å². The van der Waals surface area contributed by atoms with Crippen molar-refractivity contribution in [2.24, 2.45) is 0 Å². The Labute approximate surface area is 149 Å². The van der Waals surface area contributed by atoms with Crippen LogP contribution in [0.5, 0.6) is 0 Å². The van der Waals surface area contributed by atoms with Crippen molar-refractivity contribution in [2.75, 3.05) is 13.1 Å². The maximum atomic E-state index is 6.79. The summed E-state index contributed by atoms with van der Waals surface area (Å²) in [5, 5.41) is 3.50. The molecule has 0 fully saturated rings. The van der Waals surface area contributed by atoms with Crippen LogP contribution in [-0.2, 0) is 12.3 Å². The number of hydrogen-bond donors (Lipinski definition) is 1. The van der Waals surface area contributed by atoms with E-state index < -0.39 is 33.8 Å². The Balaban J connectivity index is 5.87. The molecule has 0 saturated carbocycles. The average molecular weight is 396 g/mol. The molecule has 0 aliphatic heterocycles. The van der Waals surface area contributed by atoms with E-state index in [1.807, 2.05) is 0 Å². The van der Waals surface area contributed by atoms with Crippen LogP contribution in [0.4, 0.5) is 0 Å². The van der Waals surface area contributed by atoms with Gasteiger partial charge in [0, 0.05) is 12.1 Å². The van der Waals surface area contributed by atoms with Gasteiger partial charge < -0.3 is 17.7 Å². The molecule has 0 aromatic rings. The minimum Gasteiger partial charge on any atom is -0.417 e. The van der Waals surface area contributed by atoms with Gasteiger partial charge in [-0.1, -0.05) is 13.8 Å². The third-order valence-electron chi connectivity index (χ3n) is 2.98. The minimum atomic E-state index is -2.75. The fourth-order valence-electron chi connectivity index (χ4n) is 2.43. The molecule has 0 aliphatic rings. The summed E-state index contributed by atoms with van der Waals surface area (Å²) < 4.78 is 20.4. The Morgan fingerprint density at radius 2 is 1.04 bits per heavy atom. The number of rotatable bonds is 11. The summed E-state index contributed by atoms with van der Waals surface area (Å²) >= 11 is 0. The Morgan fingerprint density at radius 3 is 1.26 bits per heavy atom. The fourth-order valence-corrected chi connectivity index (χ4v) is 17.2. The van der Waals surface area contributed by atoms with E-state index in [4.69, 9.17) is 12.3 Å². The van der Waals surface area contributed by atoms with Gasteiger partial charge in [0.1, 0.15) is 0 Å². The molecule has 0 spiro atoms. The molecule has 0 aromatic carbocycles. The van der Waals surface area contributed by atoms with E-state index in [1.165, 1.54) is 0 Å². The zero-order valence-corrected chi connectivity index (χ0v) is 21.4. The highest BCUT2D eigenvalue weighted by atomic mass is 28.5. The normalized spacial score (nSPS) is 15.8. The van der Waals surface area contributed by atoms with Gasteiger partial charge in [0.05, 0.1) is 0 Å². The number of hydrogen-bond acceptors (Lipinski definition) is 4. The van der Waals surface area contributed by atoms with Crippen LogP contribution in [0.25, 0.3) is 0 Å². The standard InChI is InChI=1S/C15H41NO3Si4/c1-12-15(14-16-13-2)23(17-20(3,4)5,18-21(6,7)8)19-22(9,10)11/h15-16H,12-14H2,1-11H3. The van der Waals surface area contributed by atoms with Crippen molar-refractivity contribution in [3.63, 3.8) is 0 Å². The Kier molecular flexibility index (Phi) is 9.16. The van der Waals surface area contributed by atoms with Crippen molar-refractivity contribution in [3.8, 4) is 0 Å². The lowest BCUT2D eigenvalue weighted by Gasteiger charge is -2.46. The van der Waals surface area contributed by atoms with Crippen LogP contribution in [0.2, 0.25) is 64.5 Å². The van der Waals surface area contributed by atoms with Crippen molar-refractivity contribution in [3.05, 3.63) is 0 Å². The van der Waals surface area contributed by atoms with Crippen LogP contribution in [0.3, 0.4) is 0 Å². The van der Waals surface area contributed by atoms with E-state index in [2.05, 4.69) is 78.1 Å². The second kappa shape index (κ2) is 8.88. The second-order valence-electron chi connectivity index (χ2n) is 9.16. The molecule has 0 rings (SSSR count). The third kappa shape index (κ3) is 10.3. The van der Waals surface area contributed by atoms with Crippen LogP contribution < -0.4 is 5.32 Å². The van der Waals surface area contributed by atoms with E-state index in [0.717, 1.165) is 19.5 Å². The first-order valence-electron chi connectivity index (χ1n) is 8.95. The molecule has 23 heavy (non-hydrogen) atoms. The van der Waals surface area contributed by atoms with Crippen LogP contribution >= 0.6 is 0 Å². The molecular weight excluding hydrogens is 355 g/mol. The Hall–Kier alpha value is 0.708. The third-order valence-corrected chi connectivity index (χ3v) is 15.4. The fraction of sp³-hybridized carbons (Fsp3) is 1.00. The molecule has 1 atom stereocenters. The average Bonchev–Trinajstić information content (AvgIpc) is 2.21. The monoisotopic (exact) mass is 395 g/mol. The molecule has 0 saturated heterocycles.